The molecule has 1 aromatic carbocycles. The summed E-state index contributed by atoms with van der Waals surface area (Å²) in [5.74, 6) is 0.310. The molecule has 4 nitrogen and oxygen atoms in total. The molecular weight excluding hydrogens is 306 g/mol. The van der Waals surface area contributed by atoms with Gasteiger partial charge >= 0.3 is 6.61 Å². The van der Waals surface area contributed by atoms with Crippen molar-refractivity contribution < 1.29 is 27.5 Å². The largest absolute Gasteiger partial charge is 0.493 e. The van der Waals surface area contributed by atoms with Crippen LogP contribution in [0, 0.1) is 0 Å². The van der Waals surface area contributed by atoms with Crippen LogP contribution in [-0.4, -0.2) is 19.5 Å². The maximum absolute atomic E-state index is 12.2. The second-order valence-corrected chi connectivity index (χ2v) is 4.34. The van der Waals surface area contributed by atoms with Crippen LogP contribution in [0.2, 0.25) is 0 Å². The lowest BCUT2D eigenvalue weighted by Crippen LogP contribution is -2.04. The van der Waals surface area contributed by atoms with Gasteiger partial charge in [-0.2, -0.15) is 8.78 Å². The van der Waals surface area contributed by atoms with Gasteiger partial charge in [0, 0.05) is 5.56 Å². The Morgan fingerprint density at radius 1 is 1.22 bits per heavy atom. The van der Waals surface area contributed by atoms with Crippen LogP contribution in [-0.2, 0) is 0 Å². The molecule has 1 heterocycles. The fourth-order valence-corrected chi connectivity index (χ4v) is 1.79. The summed E-state index contributed by atoms with van der Waals surface area (Å²) in [5.41, 5.74) is 0.297. The molecule has 23 heavy (non-hydrogen) atoms. The molecule has 1 aromatic heterocycles. The highest BCUT2D eigenvalue weighted by Crippen LogP contribution is 2.29. The Morgan fingerprint density at radius 3 is 2.70 bits per heavy atom. The minimum atomic E-state index is -2.96. The Morgan fingerprint density at radius 2 is 2.04 bits per heavy atom. The molecule has 6 heteroatoms. The number of benzene rings is 1. The summed E-state index contributed by atoms with van der Waals surface area (Å²) in [6.07, 6.45) is 7.80. The van der Waals surface area contributed by atoms with E-state index in [1.807, 2.05) is 0 Å². The van der Waals surface area contributed by atoms with E-state index in [-0.39, 0.29) is 17.3 Å². The fraction of sp³-hybridized carbons (Fsp3) is 0.118. The number of allylic oxidation sites excluding steroid dienone is 3. The highest BCUT2D eigenvalue weighted by atomic mass is 19.3. The first-order chi connectivity index (χ1) is 11.1. The molecule has 2 aromatic rings. The molecule has 0 aliphatic carbocycles. The summed E-state index contributed by atoms with van der Waals surface area (Å²) in [7, 11) is 1.31. The van der Waals surface area contributed by atoms with Crippen molar-refractivity contribution in [2.75, 3.05) is 7.11 Å². The van der Waals surface area contributed by atoms with E-state index in [1.165, 1.54) is 31.4 Å². The summed E-state index contributed by atoms with van der Waals surface area (Å²) >= 11 is 0. The average Bonchev–Trinajstić information content (AvgIpc) is 3.04. The zero-order chi connectivity index (χ0) is 16.7. The minimum absolute atomic E-state index is 0.0654. The molecule has 2 rings (SSSR count). The van der Waals surface area contributed by atoms with Crippen LogP contribution in [0.4, 0.5) is 8.78 Å². The molecule has 0 amide bonds. The normalized spacial score (nSPS) is 11.5. The highest BCUT2D eigenvalue weighted by molar-refractivity contribution is 6.05. The topological polar surface area (TPSA) is 48.7 Å². The van der Waals surface area contributed by atoms with Gasteiger partial charge in [-0.3, -0.25) is 4.79 Å². The zero-order valence-electron chi connectivity index (χ0n) is 12.2. The lowest BCUT2D eigenvalue weighted by molar-refractivity contribution is -0.0512. The van der Waals surface area contributed by atoms with Crippen LogP contribution < -0.4 is 9.47 Å². The van der Waals surface area contributed by atoms with Crippen LogP contribution in [0.3, 0.4) is 0 Å². The molecule has 0 atom stereocenters. The fourth-order valence-electron chi connectivity index (χ4n) is 1.79. The van der Waals surface area contributed by atoms with Crippen molar-refractivity contribution >= 4 is 11.9 Å². The average molecular weight is 320 g/mol. The second-order valence-electron chi connectivity index (χ2n) is 4.34. The van der Waals surface area contributed by atoms with Gasteiger partial charge in [0.1, 0.15) is 5.76 Å². The first-order valence-electron chi connectivity index (χ1n) is 6.65. The Balaban J connectivity index is 2.07. The second kappa shape index (κ2) is 7.93. The van der Waals surface area contributed by atoms with Crippen LogP contribution in [0.1, 0.15) is 16.1 Å². The van der Waals surface area contributed by atoms with Gasteiger partial charge in [0.15, 0.2) is 17.3 Å². The van der Waals surface area contributed by atoms with Gasteiger partial charge in [0.05, 0.1) is 13.4 Å². The first-order valence-corrected chi connectivity index (χ1v) is 6.65. The molecule has 0 aliphatic heterocycles. The van der Waals surface area contributed by atoms with Crippen molar-refractivity contribution in [2.24, 2.45) is 0 Å². The predicted molar refractivity (Wildman–Crippen MR) is 80.8 cm³/mol. The molecule has 0 unspecified atom stereocenters. The zero-order valence-corrected chi connectivity index (χ0v) is 12.2. The molecule has 0 spiro atoms. The Bertz CT molecular complexity index is 703. The van der Waals surface area contributed by atoms with Gasteiger partial charge in [0.2, 0.25) is 0 Å². The Labute approximate surface area is 131 Å². The minimum Gasteiger partial charge on any atom is -0.493 e. The number of hydrogen-bond acceptors (Lipinski definition) is 4. The lowest BCUT2D eigenvalue weighted by atomic mass is 10.1. The van der Waals surface area contributed by atoms with E-state index in [2.05, 4.69) is 4.74 Å². The predicted octanol–water partition coefficient (Wildman–Crippen LogP) is 4.34. The Hall–Kier alpha value is -2.89. The number of halogens is 2. The van der Waals surface area contributed by atoms with Crippen LogP contribution >= 0.6 is 0 Å². The van der Waals surface area contributed by atoms with E-state index >= 15 is 0 Å². The maximum atomic E-state index is 12.2. The van der Waals surface area contributed by atoms with Gasteiger partial charge in [-0.05, 0) is 42.5 Å². The molecule has 0 radical (unpaired) electrons. The van der Waals surface area contributed by atoms with E-state index < -0.39 is 6.61 Å². The van der Waals surface area contributed by atoms with E-state index in [0.717, 1.165) is 0 Å². The summed E-state index contributed by atoms with van der Waals surface area (Å²) < 4.78 is 38.8. The van der Waals surface area contributed by atoms with Gasteiger partial charge in [-0.1, -0.05) is 12.2 Å². The third kappa shape index (κ3) is 4.81. The molecule has 0 fully saturated rings. The summed E-state index contributed by atoms with van der Waals surface area (Å²) in [6, 6.07) is 7.54. The number of ether oxygens (including phenoxy) is 2. The number of alkyl halides is 2. The molecule has 0 N–H and O–H groups in total. The van der Waals surface area contributed by atoms with Gasteiger partial charge in [-0.15, -0.1) is 0 Å². The van der Waals surface area contributed by atoms with Crippen LogP contribution in [0.15, 0.2) is 59.2 Å². The quantitative estimate of drug-likeness (QED) is 0.432. The molecule has 0 saturated heterocycles. The van der Waals surface area contributed by atoms with Crippen molar-refractivity contribution in [3.8, 4) is 11.5 Å². The van der Waals surface area contributed by atoms with Crippen LogP contribution in [0.25, 0.3) is 6.08 Å². The number of rotatable bonds is 7. The lowest BCUT2D eigenvalue weighted by Gasteiger charge is -2.10. The third-order valence-corrected chi connectivity index (χ3v) is 2.83. The third-order valence-electron chi connectivity index (χ3n) is 2.83. The summed E-state index contributed by atoms with van der Waals surface area (Å²) in [4.78, 5) is 12.0. The molecule has 0 aliphatic rings. The number of carbonyl (C=O) groups is 1. The standard InChI is InChI=1S/C17H14F2O4/c1-21-16-11-12(8-9-15(16)23-17(18)19)14(20)7-3-2-5-13-6-4-10-22-13/h2-11,17H,1H3/b5-2+,7-3+. The number of hydrogen-bond donors (Lipinski definition) is 0. The van der Waals surface area contributed by atoms with Gasteiger partial charge in [-0.25, -0.2) is 0 Å². The number of methoxy groups -OCH3 is 1. The maximum Gasteiger partial charge on any atom is 0.387 e. The summed E-state index contributed by atoms with van der Waals surface area (Å²) in [5, 5.41) is 0. The van der Waals surface area contributed by atoms with Crippen molar-refractivity contribution in [1.29, 1.82) is 0 Å². The van der Waals surface area contributed by atoms with E-state index in [1.54, 1.807) is 36.6 Å². The number of furan rings is 1. The number of ketones is 1. The molecular formula is C17H14F2O4. The summed E-state index contributed by atoms with van der Waals surface area (Å²) in [6.45, 7) is -2.96. The first kappa shape index (κ1) is 16.5. The van der Waals surface area contributed by atoms with Crippen molar-refractivity contribution in [1.82, 2.24) is 0 Å². The van der Waals surface area contributed by atoms with Crippen LogP contribution in [0.5, 0.6) is 11.5 Å². The molecule has 0 bridgehead atoms. The van der Waals surface area contributed by atoms with Gasteiger partial charge < -0.3 is 13.9 Å². The van der Waals surface area contributed by atoms with Crippen molar-refractivity contribution in [3.05, 3.63) is 66.1 Å². The molecule has 120 valence electrons. The smallest absolute Gasteiger partial charge is 0.387 e. The monoisotopic (exact) mass is 320 g/mol. The number of carbonyl (C=O) groups excluding carboxylic acids is 1. The van der Waals surface area contributed by atoms with Crippen molar-refractivity contribution in [3.63, 3.8) is 0 Å². The SMILES string of the molecule is COc1cc(C(=O)/C=C/C=C/c2ccco2)ccc1OC(F)F. The van der Waals surface area contributed by atoms with E-state index in [0.29, 0.717) is 11.3 Å². The highest BCUT2D eigenvalue weighted by Gasteiger charge is 2.12. The van der Waals surface area contributed by atoms with Gasteiger partial charge in [0.25, 0.3) is 0 Å². The van der Waals surface area contributed by atoms with E-state index in [9.17, 15) is 13.6 Å². The molecule has 0 saturated carbocycles. The van der Waals surface area contributed by atoms with E-state index in [4.69, 9.17) is 9.15 Å². The Kier molecular flexibility index (Phi) is 5.68. The van der Waals surface area contributed by atoms with Crippen molar-refractivity contribution in [2.45, 2.75) is 6.61 Å².